The van der Waals surface area contributed by atoms with Crippen LogP contribution < -0.4 is 10.9 Å². The molecule has 1 aliphatic heterocycles. The van der Waals surface area contributed by atoms with E-state index in [-0.39, 0.29) is 11.7 Å². The van der Waals surface area contributed by atoms with Crippen LogP contribution in [0.1, 0.15) is 12.8 Å². The van der Waals surface area contributed by atoms with Gasteiger partial charge in [0, 0.05) is 24.3 Å². The van der Waals surface area contributed by atoms with Crippen LogP contribution in [-0.2, 0) is 11.3 Å². The van der Waals surface area contributed by atoms with Crippen molar-refractivity contribution in [2.24, 2.45) is 0 Å². The zero-order valence-corrected chi connectivity index (χ0v) is 12.6. The van der Waals surface area contributed by atoms with Crippen LogP contribution in [0.5, 0.6) is 0 Å². The van der Waals surface area contributed by atoms with Crippen molar-refractivity contribution in [2.45, 2.75) is 25.5 Å². The van der Waals surface area contributed by atoms with Crippen molar-refractivity contribution in [2.75, 3.05) is 11.9 Å². The van der Waals surface area contributed by atoms with Gasteiger partial charge in [0.05, 0.1) is 30.2 Å². The van der Waals surface area contributed by atoms with Gasteiger partial charge in [-0.3, -0.25) is 4.68 Å². The van der Waals surface area contributed by atoms with Crippen LogP contribution in [0.25, 0.3) is 11.0 Å². The number of anilines is 2. The van der Waals surface area contributed by atoms with Crippen LogP contribution in [0.2, 0.25) is 0 Å². The predicted molar refractivity (Wildman–Crippen MR) is 87.0 cm³/mol. The van der Waals surface area contributed by atoms with Gasteiger partial charge in [-0.25, -0.2) is 4.79 Å². The van der Waals surface area contributed by atoms with Crippen LogP contribution in [0.3, 0.4) is 0 Å². The molecule has 1 fully saturated rings. The van der Waals surface area contributed by atoms with Crippen molar-refractivity contribution in [3.8, 4) is 0 Å². The highest BCUT2D eigenvalue weighted by Gasteiger charge is 2.16. The first-order chi connectivity index (χ1) is 11.3. The molecule has 3 heterocycles. The summed E-state index contributed by atoms with van der Waals surface area (Å²) in [4.78, 5) is 11.7. The Balaban J connectivity index is 1.58. The van der Waals surface area contributed by atoms with E-state index in [4.69, 9.17) is 9.15 Å². The highest BCUT2D eigenvalue weighted by molar-refractivity contribution is 5.91. The van der Waals surface area contributed by atoms with E-state index in [0.717, 1.165) is 37.1 Å². The molecule has 6 nitrogen and oxygen atoms in total. The average molecular weight is 311 g/mol. The summed E-state index contributed by atoms with van der Waals surface area (Å²) < 4.78 is 12.7. The number of hydrogen-bond donors (Lipinski definition) is 1. The molecule has 1 atom stereocenters. The van der Waals surface area contributed by atoms with Crippen molar-refractivity contribution in [1.82, 2.24) is 9.78 Å². The van der Waals surface area contributed by atoms with Crippen LogP contribution >= 0.6 is 0 Å². The highest BCUT2D eigenvalue weighted by Crippen LogP contribution is 2.24. The summed E-state index contributed by atoms with van der Waals surface area (Å²) in [7, 11) is 0. The fourth-order valence-corrected chi connectivity index (χ4v) is 2.90. The standard InChI is InChI=1S/C17H17N3O3/c21-17-8-15(14-5-1-2-6-16(14)23-17)19-12-9-18-20(10-12)11-13-4-3-7-22-13/h1-2,5-6,8-10,13,19H,3-4,7,11H2. The number of para-hydroxylation sites is 1. The van der Waals surface area contributed by atoms with Gasteiger partial charge in [-0.15, -0.1) is 0 Å². The Kier molecular flexibility index (Phi) is 3.59. The van der Waals surface area contributed by atoms with Crippen molar-refractivity contribution >= 4 is 22.3 Å². The van der Waals surface area contributed by atoms with E-state index in [1.54, 1.807) is 12.3 Å². The first-order valence-corrected chi connectivity index (χ1v) is 7.72. The Bertz CT molecular complexity index is 878. The molecule has 1 saturated heterocycles. The van der Waals surface area contributed by atoms with E-state index in [0.29, 0.717) is 11.3 Å². The number of hydrogen-bond acceptors (Lipinski definition) is 5. The highest BCUT2D eigenvalue weighted by atomic mass is 16.5. The number of nitrogens with zero attached hydrogens (tertiary/aromatic N) is 2. The lowest BCUT2D eigenvalue weighted by atomic mass is 10.2. The van der Waals surface area contributed by atoms with Gasteiger partial charge in [-0.1, -0.05) is 12.1 Å². The summed E-state index contributed by atoms with van der Waals surface area (Å²) in [5.74, 6) is 0. The van der Waals surface area contributed by atoms with E-state index in [1.807, 2.05) is 29.1 Å². The molecule has 0 bridgehead atoms. The minimum atomic E-state index is -0.377. The van der Waals surface area contributed by atoms with Crippen molar-refractivity contribution in [3.63, 3.8) is 0 Å². The van der Waals surface area contributed by atoms with Gasteiger partial charge < -0.3 is 14.5 Å². The molecule has 0 amide bonds. The van der Waals surface area contributed by atoms with Crippen LogP contribution in [-0.4, -0.2) is 22.5 Å². The fraction of sp³-hybridized carbons (Fsp3) is 0.294. The molecule has 1 aliphatic rings. The van der Waals surface area contributed by atoms with Crippen LogP contribution in [0.15, 0.2) is 51.9 Å². The summed E-state index contributed by atoms with van der Waals surface area (Å²) in [5, 5.41) is 8.46. The van der Waals surface area contributed by atoms with Crippen molar-refractivity contribution in [1.29, 1.82) is 0 Å². The Morgan fingerprint density at radius 2 is 2.26 bits per heavy atom. The second-order valence-electron chi connectivity index (χ2n) is 5.69. The van der Waals surface area contributed by atoms with Gasteiger partial charge >= 0.3 is 5.63 Å². The maximum absolute atomic E-state index is 11.7. The second kappa shape index (κ2) is 5.89. The number of fused-ring (bicyclic) bond motifs is 1. The molecule has 1 N–H and O–H groups in total. The normalized spacial score (nSPS) is 17.7. The Hall–Kier alpha value is -2.60. The fourth-order valence-electron chi connectivity index (χ4n) is 2.90. The van der Waals surface area contributed by atoms with E-state index < -0.39 is 0 Å². The van der Waals surface area contributed by atoms with E-state index in [2.05, 4.69) is 10.4 Å². The molecule has 0 aliphatic carbocycles. The minimum Gasteiger partial charge on any atom is -0.423 e. The van der Waals surface area contributed by atoms with Crippen molar-refractivity contribution < 1.29 is 9.15 Å². The molecule has 1 unspecified atom stereocenters. The maximum atomic E-state index is 11.7. The third-order valence-electron chi connectivity index (χ3n) is 3.98. The lowest BCUT2D eigenvalue weighted by molar-refractivity contribution is 0.0940. The molecule has 2 aromatic heterocycles. The maximum Gasteiger partial charge on any atom is 0.338 e. The molecule has 4 rings (SSSR count). The molecule has 1 aromatic carbocycles. The Labute approximate surface area is 132 Å². The molecule has 0 spiro atoms. The number of benzene rings is 1. The van der Waals surface area contributed by atoms with Gasteiger partial charge in [0.15, 0.2) is 0 Å². The topological polar surface area (TPSA) is 69.3 Å². The van der Waals surface area contributed by atoms with E-state index in [1.165, 1.54) is 6.07 Å². The zero-order chi connectivity index (χ0) is 15.6. The summed E-state index contributed by atoms with van der Waals surface area (Å²) in [6.07, 6.45) is 6.10. The Morgan fingerprint density at radius 1 is 1.35 bits per heavy atom. The average Bonchev–Trinajstić information content (AvgIpc) is 3.20. The SMILES string of the molecule is O=c1cc(Nc2cnn(CC3CCCO3)c2)c2ccccc2o1. The van der Waals surface area contributed by atoms with E-state index >= 15 is 0 Å². The summed E-state index contributed by atoms with van der Waals surface area (Å²) >= 11 is 0. The molecule has 0 radical (unpaired) electrons. The van der Waals surface area contributed by atoms with E-state index in [9.17, 15) is 4.79 Å². The molecular weight excluding hydrogens is 294 g/mol. The molecule has 0 saturated carbocycles. The largest absolute Gasteiger partial charge is 0.423 e. The summed E-state index contributed by atoms with van der Waals surface area (Å²) in [6, 6.07) is 8.91. The summed E-state index contributed by atoms with van der Waals surface area (Å²) in [5.41, 5.74) is 1.74. The van der Waals surface area contributed by atoms with Gasteiger partial charge in [-0.05, 0) is 25.0 Å². The van der Waals surface area contributed by atoms with Crippen LogP contribution in [0, 0.1) is 0 Å². The first-order valence-electron chi connectivity index (χ1n) is 7.72. The molecule has 23 heavy (non-hydrogen) atoms. The second-order valence-corrected chi connectivity index (χ2v) is 5.69. The third kappa shape index (κ3) is 2.98. The predicted octanol–water partition coefficient (Wildman–Crippen LogP) is 2.91. The quantitative estimate of drug-likeness (QED) is 0.750. The zero-order valence-electron chi connectivity index (χ0n) is 12.6. The number of nitrogens with one attached hydrogen (secondary N) is 1. The Morgan fingerprint density at radius 3 is 3.13 bits per heavy atom. The first kappa shape index (κ1) is 14.0. The molecular formula is C17H17N3O3. The monoisotopic (exact) mass is 311 g/mol. The van der Waals surface area contributed by atoms with Gasteiger partial charge in [0.1, 0.15) is 5.58 Å². The molecule has 6 heteroatoms. The number of ether oxygens (including phenoxy) is 1. The summed E-state index contributed by atoms with van der Waals surface area (Å²) in [6.45, 7) is 1.59. The van der Waals surface area contributed by atoms with Crippen LogP contribution in [0.4, 0.5) is 11.4 Å². The van der Waals surface area contributed by atoms with Gasteiger partial charge in [0.2, 0.25) is 0 Å². The third-order valence-corrected chi connectivity index (χ3v) is 3.98. The minimum absolute atomic E-state index is 0.243. The van der Waals surface area contributed by atoms with Gasteiger partial charge in [0.25, 0.3) is 0 Å². The number of aromatic nitrogens is 2. The lowest BCUT2D eigenvalue weighted by Crippen LogP contribution is -2.15. The number of rotatable bonds is 4. The van der Waals surface area contributed by atoms with Gasteiger partial charge in [-0.2, -0.15) is 5.10 Å². The smallest absolute Gasteiger partial charge is 0.338 e. The molecule has 3 aromatic rings. The molecule has 118 valence electrons. The lowest BCUT2D eigenvalue weighted by Gasteiger charge is -2.09. The van der Waals surface area contributed by atoms with Crippen molar-refractivity contribution in [3.05, 3.63) is 53.1 Å².